The van der Waals surface area contributed by atoms with E-state index in [-0.39, 0.29) is 10.9 Å². The number of hydrogen-bond donors (Lipinski definition) is 0. The van der Waals surface area contributed by atoms with Gasteiger partial charge in [-0.3, -0.25) is 4.79 Å². The average Bonchev–Trinajstić information content (AvgIpc) is 2.83. The summed E-state index contributed by atoms with van der Waals surface area (Å²) in [5.41, 5.74) is -3.77. The number of ether oxygens (including phenoxy) is 1. The topological polar surface area (TPSA) is 45.7 Å². The van der Waals surface area contributed by atoms with Crippen LogP contribution in [0.2, 0.25) is 0 Å². The van der Waals surface area contributed by atoms with Crippen molar-refractivity contribution in [3.8, 4) is 0 Å². The van der Waals surface area contributed by atoms with Crippen LogP contribution in [0.4, 0.5) is 50.9 Å². The minimum absolute atomic E-state index is 0.149. The number of carbonyl (C=O) groups is 1. The average molecular weight is 575 g/mol. The minimum Gasteiger partial charge on any atom is -0.378 e. The molecule has 212 valence electrons. The number of nitrogens with zero attached hydrogens (tertiary/aromatic N) is 3. The minimum atomic E-state index is -5.54. The highest BCUT2D eigenvalue weighted by molar-refractivity contribution is 6.23. The van der Waals surface area contributed by atoms with Crippen LogP contribution in [0.3, 0.4) is 0 Å². The summed E-state index contributed by atoms with van der Waals surface area (Å²) in [5, 5.41) is -2.16. The third-order valence-corrected chi connectivity index (χ3v) is 6.73. The summed E-state index contributed by atoms with van der Waals surface area (Å²) in [6, 6.07) is 6.26. The molecule has 0 fully saturated rings. The predicted octanol–water partition coefficient (Wildman–Crippen LogP) is 7.40. The molecule has 40 heavy (non-hydrogen) atoms. The fourth-order valence-corrected chi connectivity index (χ4v) is 5.06. The zero-order chi connectivity index (χ0) is 29.5. The van der Waals surface area contributed by atoms with Gasteiger partial charge in [0.25, 0.3) is 5.78 Å². The van der Waals surface area contributed by atoms with Crippen molar-refractivity contribution in [1.82, 2.24) is 4.98 Å². The molecule has 0 aliphatic carbocycles. The molecular formula is C26H18F9N3O2. The Kier molecular flexibility index (Phi) is 6.14. The van der Waals surface area contributed by atoms with E-state index in [0.717, 1.165) is 17.0 Å². The highest BCUT2D eigenvalue weighted by Gasteiger charge is 2.47. The first kappa shape index (κ1) is 27.7. The van der Waals surface area contributed by atoms with Crippen LogP contribution in [0.25, 0.3) is 32.6 Å². The summed E-state index contributed by atoms with van der Waals surface area (Å²) >= 11 is 0. The Bertz CT molecular complexity index is 1690. The van der Waals surface area contributed by atoms with Crippen LogP contribution in [0.1, 0.15) is 27.6 Å². The highest BCUT2D eigenvalue weighted by Crippen LogP contribution is 2.50. The van der Waals surface area contributed by atoms with Gasteiger partial charge in [0.15, 0.2) is 6.10 Å². The van der Waals surface area contributed by atoms with E-state index >= 15 is 0 Å². The number of hydrogen-bond acceptors (Lipinski definition) is 5. The van der Waals surface area contributed by atoms with Crippen molar-refractivity contribution in [2.75, 3.05) is 37.7 Å². The summed E-state index contributed by atoms with van der Waals surface area (Å²) in [4.78, 5) is 19.5. The summed E-state index contributed by atoms with van der Waals surface area (Å²) in [6.45, 7) is -0.708. The molecule has 1 aliphatic heterocycles. The molecular weight excluding hydrogens is 557 g/mol. The first-order valence-electron chi connectivity index (χ1n) is 11.5. The predicted molar refractivity (Wildman–Crippen MR) is 130 cm³/mol. The second kappa shape index (κ2) is 8.85. The van der Waals surface area contributed by atoms with Crippen molar-refractivity contribution >= 4 is 49.7 Å². The van der Waals surface area contributed by atoms with Gasteiger partial charge in [0.2, 0.25) is 0 Å². The lowest BCUT2D eigenvalue weighted by molar-refractivity contribution is -0.225. The lowest BCUT2D eigenvalue weighted by atomic mass is 9.89. The molecule has 0 N–H and O–H groups in total. The molecule has 4 aromatic rings. The number of aromatic nitrogens is 1. The van der Waals surface area contributed by atoms with Crippen LogP contribution in [0.5, 0.6) is 0 Å². The molecule has 0 saturated carbocycles. The maximum atomic E-state index is 14.6. The SMILES string of the molecule is CN(C)c1ccc2nc3c(cc(C(=O)C(F)(F)F)c4c5c(ccc43)C(C(F)(F)F)OCN5C)c(C(F)(F)F)c2c1. The lowest BCUT2D eigenvalue weighted by Gasteiger charge is -2.35. The molecule has 14 heteroatoms. The third-order valence-electron chi connectivity index (χ3n) is 6.73. The third kappa shape index (κ3) is 4.34. The Morgan fingerprint density at radius 2 is 1.62 bits per heavy atom. The number of anilines is 2. The second-order valence-electron chi connectivity index (χ2n) is 9.57. The van der Waals surface area contributed by atoms with E-state index in [1.54, 1.807) is 14.1 Å². The van der Waals surface area contributed by atoms with Gasteiger partial charge in [-0.25, -0.2) is 4.98 Å². The Morgan fingerprint density at radius 1 is 0.950 bits per heavy atom. The Balaban J connectivity index is 2.04. The lowest BCUT2D eigenvalue weighted by Crippen LogP contribution is -2.36. The molecule has 0 bridgehead atoms. The van der Waals surface area contributed by atoms with Gasteiger partial charge in [-0.2, -0.15) is 39.5 Å². The number of fused-ring (bicyclic) bond motifs is 6. The first-order chi connectivity index (χ1) is 18.4. The van der Waals surface area contributed by atoms with Gasteiger partial charge in [-0.15, -0.1) is 0 Å². The molecule has 0 amide bonds. The van der Waals surface area contributed by atoms with Crippen LogP contribution in [-0.2, 0) is 10.9 Å². The Morgan fingerprint density at radius 3 is 2.20 bits per heavy atom. The van der Waals surface area contributed by atoms with E-state index in [1.165, 1.54) is 30.1 Å². The number of rotatable bonds is 2. The van der Waals surface area contributed by atoms with Crippen LogP contribution in [-0.4, -0.2) is 51.0 Å². The molecule has 5 rings (SSSR count). The number of carbonyl (C=O) groups excluding carboxylic acids is 1. The first-order valence-corrected chi connectivity index (χ1v) is 11.5. The standard InChI is InChI=1S/C26H18F9N3O2/c1-37(2)11-4-7-17-14(8-11)19(24(27,28)29)16-9-15(22(39)25(30,31)32)18-12(20(16)36-17)5-6-13-21(18)38(3)10-40-23(13)26(33,34)35/h4-9,23H,10H2,1-3H3. The van der Waals surface area contributed by atoms with Crippen molar-refractivity contribution in [1.29, 1.82) is 0 Å². The molecule has 2 heterocycles. The van der Waals surface area contributed by atoms with E-state index in [2.05, 4.69) is 4.98 Å². The van der Waals surface area contributed by atoms with E-state index in [1.807, 2.05) is 0 Å². The number of ketones is 1. The maximum Gasteiger partial charge on any atom is 0.454 e. The molecule has 1 aromatic heterocycles. The van der Waals surface area contributed by atoms with Crippen molar-refractivity contribution < 1.29 is 49.0 Å². The van der Waals surface area contributed by atoms with Gasteiger partial charge in [-0.1, -0.05) is 12.1 Å². The van der Waals surface area contributed by atoms with Gasteiger partial charge in [0.1, 0.15) is 6.73 Å². The van der Waals surface area contributed by atoms with Crippen molar-refractivity contribution in [3.63, 3.8) is 0 Å². The normalized spacial score (nSPS) is 16.6. The van der Waals surface area contributed by atoms with Gasteiger partial charge >= 0.3 is 18.5 Å². The quantitative estimate of drug-likeness (QED) is 0.108. The summed E-state index contributed by atoms with van der Waals surface area (Å²) < 4.78 is 131. The highest BCUT2D eigenvalue weighted by atomic mass is 19.4. The number of halogens is 9. The van der Waals surface area contributed by atoms with Crippen molar-refractivity contribution in [2.24, 2.45) is 0 Å². The fraction of sp³-hybridized carbons (Fsp3) is 0.308. The second-order valence-corrected chi connectivity index (χ2v) is 9.57. The largest absolute Gasteiger partial charge is 0.454 e. The number of benzene rings is 3. The number of Topliss-reactive ketones (excluding diaryl/α,β-unsaturated/α-hetero) is 1. The van der Waals surface area contributed by atoms with Gasteiger partial charge in [-0.05, 0) is 24.3 Å². The molecule has 0 radical (unpaired) electrons. The zero-order valence-electron chi connectivity index (χ0n) is 20.8. The van der Waals surface area contributed by atoms with Gasteiger partial charge in [0, 0.05) is 59.5 Å². The Hall–Kier alpha value is -3.81. The summed E-state index contributed by atoms with van der Waals surface area (Å²) in [6.07, 6.45) is -18.1. The number of alkyl halides is 9. The molecule has 3 aromatic carbocycles. The number of pyridine rings is 1. The molecule has 0 spiro atoms. The van der Waals surface area contributed by atoms with Crippen molar-refractivity contribution in [3.05, 3.63) is 53.1 Å². The molecule has 1 aliphatic rings. The van der Waals surface area contributed by atoms with E-state index < -0.39 is 81.2 Å². The fourth-order valence-electron chi connectivity index (χ4n) is 5.06. The summed E-state index contributed by atoms with van der Waals surface area (Å²) in [5.74, 6) is -2.51. The van der Waals surface area contributed by atoms with E-state index in [9.17, 15) is 44.3 Å². The summed E-state index contributed by atoms with van der Waals surface area (Å²) in [7, 11) is 4.39. The monoisotopic (exact) mass is 575 g/mol. The molecule has 1 unspecified atom stereocenters. The van der Waals surface area contributed by atoms with E-state index in [4.69, 9.17) is 4.74 Å². The van der Waals surface area contributed by atoms with Crippen LogP contribution >= 0.6 is 0 Å². The van der Waals surface area contributed by atoms with E-state index in [0.29, 0.717) is 11.8 Å². The smallest absolute Gasteiger partial charge is 0.378 e. The Labute approximate surface area is 219 Å². The van der Waals surface area contributed by atoms with Crippen molar-refractivity contribution in [2.45, 2.75) is 24.6 Å². The molecule has 5 nitrogen and oxygen atoms in total. The van der Waals surface area contributed by atoms with Gasteiger partial charge < -0.3 is 14.5 Å². The van der Waals surface area contributed by atoms with Crippen LogP contribution in [0, 0.1) is 0 Å². The molecule has 1 atom stereocenters. The molecule has 0 saturated heterocycles. The zero-order valence-corrected chi connectivity index (χ0v) is 20.8. The maximum absolute atomic E-state index is 14.6. The van der Waals surface area contributed by atoms with Gasteiger partial charge in [0.05, 0.1) is 22.3 Å². The van der Waals surface area contributed by atoms with Crippen LogP contribution in [0.15, 0.2) is 36.4 Å². The van der Waals surface area contributed by atoms with Crippen LogP contribution < -0.4 is 9.80 Å².